The Morgan fingerprint density at radius 2 is 0.561 bits per heavy atom. The van der Waals surface area contributed by atoms with Crippen LogP contribution >= 0.6 is 0 Å². The van der Waals surface area contributed by atoms with Crippen LogP contribution in [0.4, 0.5) is 0 Å². The number of benzene rings is 10. The number of rotatable bonds is 3. The minimum atomic E-state index is 1.15. The number of hydrogen-bond acceptors (Lipinski definition) is 0. The predicted octanol–water partition coefficient (Wildman–Crippen LogP) is 14.4. The Morgan fingerprint density at radius 1 is 0.228 bits per heavy atom. The van der Waals surface area contributed by atoms with Crippen LogP contribution in [-0.2, 0) is 0 Å². The lowest BCUT2D eigenvalue weighted by atomic mass is 9.93. The summed E-state index contributed by atoms with van der Waals surface area (Å²) < 4.78 is 7.47. The Hall–Kier alpha value is -7.62. The third-order valence-electron chi connectivity index (χ3n) is 12.4. The van der Waals surface area contributed by atoms with Crippen molar-refractivity contribution >= 4 is 97.7 Å². The molecule has 13 aromatic rings. The van der Waals surface area contributed by atoms with E-state index in [0.717, 1.165) is 5.69 Å². The van der Waals surface area contributed by atoms with E-state index in [4.69, 9.17) is 0 Å². The largest absolute Gasteiger partial charge is 0.309 e. The molecule has 57 heavy (non-hydrogen) atoms. The molecule has 0 spiro atoms. The van der Waals surface area contributed by atoms with Crippen LogP contribution in [0.2, 0.25) is 0 Å². The molecule has 0 atom stereocenters. The maximum absolute atomic E-state index is 2.53. The van der Waals surface area contributed by atoms with E-state index in [1.165, 1.54) is 109 Å². The first-order valence-electron chi connectivity index (χ1n) is 19.7. The molecule has 10 aromatic carbocycles. The number of nitrogens with zero attached hydrogens (tertiary/aromatic N) is 3. The highest BCUT2D eigenvalue weighted by Gasteiger charge is 2.24. The summed E-state index contributed by atoms with van der Waals surface area (Å²) in [4.78, 5) is 0. The lowest BCUT2D eigenvalue weighted by Crippen LogP contribution is -2.03. The Labute approximate surface area is 327 Å². The van der Waals surface area contributed by atoms with Gasteiger partial charge in [-0.15, -0.1) is 0 Å². The molecule has 0 aliphatic carbocycles. The fourth-order valence-electron chi connectivity index (χ4n) is 10.1. The molecule has 3 heteroatoms. The van der Waals surface area contributed by atoms with Gasteiger partial charge in [-0.1, -0.05) is 152 Å². The molecular weight excluding hydrogens is 691 g/mol. The molecule has 13 rings (SSSR count). The van der Waals surface area contributed by atoms with Gasteiger partial charge in [-0.25, -0.2) is 0 Å². The van der Waals surface area contributed by atoms with Gasteiger partial charge in [0.25, 0.3) is 0 Å². The zero-order valence-electron chi connectivity index (χ0n) is 30.9. The van der Waals surface area contributed by atoms with E-state index in [9.17, 15) is 0 Å². The first-order valence-corrected chi connectivity index (χ1v) is 19.7. The molecule has 0 N–H and O–H groups in total. The van der Waals surface area contributed by atoms with Crippen molar-refractivity contribution in [3.05, 3.63) is 200 Å². The van der Waals surface area contributed by atoms with Crippen molar-refractivity contribution in [3.8, 4) is 17.1 Å². The standard InChI is InChI=1S/C54H33N3/c1-2-22-44-43(21-1)53(56-48-25-11-5-17-39(48)40-18-6-12-26-49(40)56)45-31-29-34-33-35(55-46-23-9-3-15-37(46)38-16-4-10-24-47(38)55)30-32-36(34)52(45)54(44)57-50-27-13-7-19-41(50)42-20-8-14-28-51(42)57/h1-33H. The molecule has 0 saturated heterocycles. The molecule has 0 amide bonds. The second-order valence-electron chi connectivity index (χ2n) is 15.2. The van der Waals surface area contributed by atoms with Gasteiger partial charge in [0, 0.05) is 59.5 Å². The second kappa shape index (κ2) is 11.5. The maximum atomic E-state index is 2.53. The molecule has 3 aromatic heterocycles. The summed E-state index contributed by atoms with van der Waals surface area (Å²) in [6.45, 7) is 0. The number of fused-ring (bicyclic) bond motifs is 13. The predicted molar refractivity (Wildman–Crippen MR) is 242 cm³/mol. The maximum Gasteiger partial charge on any atom is 0.0626 e. The molecule has 0 radical (unpaired) electrons. The van der Waals surface area contributed by atoms with Crippen LogP contribution in [0.1, 0.15) is 0 Å². The van der Waals surface area contributed by atoms with Gasteiger partial charge in [0.2, 0.25) is 0 Å². The first-order chi connectivity index (χ1) is 28.3. The molecular formula is C54H33N3. The topological polar surface area (TPSA) is 14.8 Å². The molecule has 0 unspecified atom stereocenters. The van der Waals surface area contributed by atoms with E-state index in [2.05, 4.69) is 214 Å². The van der Waals surface area contributed by atoms with Gasteiger partial charge in [-0.2, -0.15) is 0 Å². The zero-order valence-corrected chi connectivity index (χ0v) is 30.9. The summed E-state index contributed by atoms with van der Waals surface area (Å²) in [7, 11) is 0. The summed E-state index contributed by atoms with van der Waals surface area (Å²) >= 11 is 0. The van der Waals surface area contributed by atoms with Crippen LogP contribution in [0, 0.1) is 0 Å². The van der Waals surface area contributed by atoms with Crippen LogP contribution < -0.4 is 0 Å². The fraction of sp³-hybridized carbons (Fsp3) is 0. The van der Waals surface area contributed by atoms with Crippen LogP contribution in [0.15, 0.2) is 200 Å². The van der Waals surface area contributed by atoms with Gasteiger partial charge >= 0.3 is 0 Å². The van der Waals surface area contributed by atoms with Crippen LogP contribution in [0.25, 0.3) is 115 Å². The quantitative estimate of drug-likeness (QED) is 0.127. The van der Waals surface area contributed by atoms with E-state index in [1.54, 1.807) is 0 Å². The molecule has 0 aliphatic rings. The number of hydrogen-bond donors (Lipinski definition) is 0. The van der Waals surface area contributed by atoms with Crippen LogP contribution in [0.3, 0.4) is 0 Å². The van der Waals surface area contributed by atoms with Crippen molar-refractivity contribution in [2.24, 2.45) is 0 Å². The summed E-state index contributed by atoms with van der Waals surface area (Å²) in [6.07, 6.45) is 0. The third-order valence-corrected chi connectivity index (χ3v) is 12.4. The van der Waals surface area contributed by atoms with Crippen molar-refractivity contribution in [2.75, 3.05) is 0 Å². The smallest absolute Gasteiger partial charge is 0.0626 e. The third kappa shape index (κ3) is 4.10. The SMILES string of the molecule is c1ccc2c(-n3c4ccccc4c4ccccc43)c3c(ccc4cc(-n5c6ccccc6c6ccccc65)ccc43)c(-n3c4ccccc4c4ccccc43)c2c1. The number of para-hydroxylation sites is 6. The van der Waals surface area contributed by atoms with Gasteiger partial charge in [-0.05, 0) is 59.3 Å². The summed E-state index contributed by atoms with van der Waals surface area (Å²) in [6, 6.07) is 73.9. The Morgan fingerprint density at radius 3 is 1.00 bits per heavy atom. The Bertz CT molecular complexity index is 3660. The normalized spacial score (nSPS) is 12.2. The van der Waals surface area contributed by atoms with Gasteiger partial charge < -0.3 is 13.7 Å². The van der Waals surface area contributed by atoms with Gasteiger partial charge in [0.1, 0.15) is 0 Å². The summed E-state index contributed by atoms with van der Waals surface area (Å²) in [5.41, 5.74) is 10.8. The molecule has 0 saturated carbocycles. The monoisotopic (exact) mass is 723 g/mol. The lowest BCUT2D eigenvalue weighted by molar-refractivity contribution is 1.18. The average Bonchev–Trinajstić information content (AvgIpc) is 3.91. The highest BCUT2D eigenvalue weighted by molar-refractivity contribution is 6.26. The first kappa shape index (κ1) is 30.7. The van der Waals surface area contributed by atoms with Crippen molar-refractivity contribution in [1.82, 2.24) is 13.7 Å². The lowest BCUT2D eigenvalue weighted by Gasteiger charge is -2.22. The van der Waals surface area contributed by atoms with Crippen LogP contribution in [0.5, 0.6) is 0 Å². The number of aromatic nitrogens is 3. The highest BCUT2D eigenvalue weighted by atomic mass is 15.0. The second-order valence-corrected chi connectivity index (χ2v) is 15.2. The van der Waals surface area contributed by atoms with E-state index in [1.807, 2.05) is 0 Å². The Balaban J connectivity index is 1.24. The van der Waals surface area contributed by atoms with Crippen molar-refractivity contribution in [3.63, 3.8) is 0 Å². The van der Waals surface area contributed by atoms with Gasteiger partial charge in [0.15, 0.2) is 0 Å². The van der Waals surface area contributed by atoms with E-state index >= 15 is 0 Å². The zero-order chi connectivity index (χ0) is 37.2. The molecule has 0 fully saturated rings. The minimum Gasteiger partial charge on any atom is -0.309 e. The van der Waals surface area contributed by atoms with Gasteiger partial charge in [-0.3, -0.25) is 0 Å². The van der Waals surface area contributed by atoms with Gasteiger partial charge in [0.05, 0.1) is 44.5 Å². The highest BCUT2D eigenvalue weighted by Crippen LogP contribution is 2.47. The van der Waals surface area contributed by atoms with E-state index < -0.39 is 0 Å². The Kier molecular flexibility index (Phi) is 6.16. The van der Waals surface area contributed by atoms with Crippen molar-refractivity contribution in [2.45, 2.75) is 0 Å². The molecule has 0 bridgehead atoms. The average molecular weight is 724 g/mol. The minimum absolute atomic E-state index is 1.15. The molecule has 264 valence electrons. The van der Waals surface area contributed by atoms with Crippen LogP contribution in [-0.4, -0.2) is 13.7 Å². The van der Waals surface area contributed by atoms with E-state index in [-0.39, 0.29) is 0 Å². The molecule has 0 aliphatic heterocycles. The van der Waals surface area contributed by atoms with Crippen molar-refractivity contribution in [1.29, 1.82) is 0 Å². The summed E-state index contributed by atoms with van der Waals surface area (Å²) in [5.74, 6) is 0. The molecule has 3 nitrogen and oxygen atoms in total. The van der Waals surface area contributed by atoms with Crippen molar-refractivity contribution < 1.29 is 0 Å². The summed E-state index contributed by atoms with van der Waals surface area (Å²) in [5, 5.41) is 14.9. The van der Waals surface area contributed by atoms with E-state index in [0.29, 0.717) is 0 Å². The molecule has 3 heterocycles. The fourth-order valence-corrected chi connectivity index (χ4v) is 10.1.